The maximum Gasteiger partial charge on any atom is 0.273 e. The van der Waals surface area contributed by atoms with E-state index in [-0.39, 0.29) is 23.5 Å². The number of carbonyl (C=O) groups excluding carboxylic acids is 1. The molecule has 1 aromatic heterocycles. The normalized spacial score (nSPS) is 19.6. The molecule has 1 aromatic carbocycles. The molecule has 1 fully saturated rings. The number of para-hydroxylation sites is 1. The van der Waals surface area contributed by atoms with Crippen LogP contribution in [0.15, 0.2) is 49.1 Å². The van der Waals surface area contributed by atoms with Gasteiger partial charge in [-0.1, -0.05) is 30.3 Å². The summed E-state index contributed by atoms with van der Waals surface area (Å²) in [5.74, 6) is -0.109. The molecule has 1 atom stereocenters. The third-order valence-corrected chi connectivity index (χ3v) is 5.80. The Morgan fingerprint density at radius 3 is 2.78 bits per heavy atom. The minimum absolute atomic E-state index is 0.0140. The van der Waals surface area contributed by atoms with Crippen molar-refractivity contribution in [1.29, 1.82) is 0 Å². The van der Waals surface area contributed by atoms with Crippen molar-refractivity contribution in [3.8, 4) is 0 Å². The van der Waals surface area contributed by atoms with E-state index in [0.29, 0.717) is 18.7 Å². The minimum atomic E-state index is -3.06. The number of nitrogens with zero attached hydrogens (tertiary/aromatic N) is 2. The Morgan fingerprint density at radius 2 is 2.09 bits per heavy atom. The van der Waals surface area contributed by atoms with E-state index in [1.165, 1.54) is 0 Å². The van der Waals surface area contributed by atoms with Gasteiger partial charge in [0.15, 0.2) is 9.84 Å². The van der Waals surface area contributed by atoms with Crippen LogP contribution in [0, 0.1) is 0 Å². The molecule has 2 heterocycles. The molecule has 5 nitrogen and oxygen atoms in total. The molecule has 0 radical (unpaired) electrons. The van der Waals surface area contributed by atoms with Gasteiger partial charge in [-0.05, 0) is 18.6 Å². The quantitative estimate of drug-likeness (QED) is 0.805. The highest BCUT2D eigenvalue weighted by Crippen LogP contribution is 2.20. The summed E-state index contributed by atoms with van der Waals surface area (Å²) < 4.78 is 23.4. The zero-order chi connectivity index (χ0) is 16.4. The molecule has 23 heavy (non-hydrogen) atoms. The summed E-state index contributed by atoms with van der Waals surface area (Å²) in [4.78, 5) is 18.8. The number of aromatic nitrogens is 1. The summed E-state index contributed by atoms with van der Waals surface area (Å²) >= 11 is 0. The number of amides is 1. The van der Waals surface area contributed by atoms with Gasteiger partial charge in [0.2, 0.25) is 0 Å². The summed E-state index contributed by atoms with van der Waals surface area (Å²) in [6, 6.07) is 10.8. The van der Waals surface area contributed by atoms with Gasteiger partial charge in [0.25, 0.3) is 5.91 Å². The lowest BCUT2D eigenvalue weighted by molar-refractivity contribution is 0.0715. The third-order valence-electron chi connectivity index (χ3n) is 4.05. The van der Waals surface area contributed by atoms with Gasteiger partial charge < -0.3 is 4.90 Å². The third kappa shape index (κ3) is 3.27. The van der Waals surface area contributed by atoms with Crippen molar-refractivity contribution in [2.75, 3.05) is 18.1 Å². The second kappa shape index (κ2) is 6.12. The van der Waals surface area contributed by atoms with E-state index in [0.717, 1.165) is 10.9 Å². The number of fused-ring (bicyclic) bond motifs is 1. The lowest BCUT2D eigenvalue weighted by Gasteiger charge is -2.26. The number of benzene rings is 1. The highest BCUT2D eigenvalue weighted by molar-refractivity contribution is 7.91. The highest BCUT2D eigenvalue weighted by Gasteiger charge is 2.34. The van der Waals surface area contributed by atoms with E-state index < -0.39 is 9.84 Å². The van der Waals surface area contributed by atoms with Crippen molar-refractivity contribution in [2.24, 2.45) is 0 Å². The van der Waals surface area contributed by atoms with Gasteiger partial charge in [0, 0.05) is 18.0 Å². The Hall–Kier alpha value is -2.21. The van der Waals surface area contributed by atoms with Gasteiger partial charge >= 0.3 is 0 Å². The number of sulfone groups is 1. The molecule has 2 aromatic rings. The van der Waals surface area contributed by atoms with Gasteiger partial charge in [-0.15, -0.1) is 6.58 Å². The molecule has 1 aliphatic heterocycles. The molecule has 0 unspecified atom stereocenters. The first-order valence-electron chi connectivity index (χ1n) is 7.48. The first-order chi connectivity index (χ1) is 11.0. The fourth-order valence-electron chi connectivity index (χ4n) is 2.89. The predicted molar refractivity (Wildman–Crippen MR) is 90.0 cm³/mol. The first kappa shape index (κ1) is 15.7. The van der Waals surface area contributed by atoms with Crippen molar-refractivity contribution in [2.45, 2.75) is 12.5 Å². The van der Waals surface area contributed by atoms with E-state index >= 15 is 0 Å². The summed E-state index contributed by atoms with van der Waals surface area (Å²) in [6.07, 6.45) is 2.08. The summed E-state index contributed by atoms with van der Waals surface area (Å²) in [7, 11) is -3.06. The van der Waals surface area contributed by atoms with Crippen molar-refractivity contribution in [3.63, 3.8) is 0 Å². The fourth-order valence-corrected chi connectivity index (χ4v) is 4.62. The van der Waals surface area contributed by atoms with Gasteiger partial charge in [0.05, 0.1) is 17.0 Å². The smallest absolute Gasteiger partial charge is 0.273 e. The van der Waals surface area contributed by atoms with E-state index in [2.05, 4.69) is 11.6 Å². The molecule has 0 N–H and O–H groups in total. The maximum absolute atomic E-state index is 12.8. The lowest BCUT2D eigenvalue weighted by atomic mass is 10.1. The molecule has 0 saturated carbocycles. The monoisotopic (exact) mass is 330 g/mol. The van der Waals surface area contributed by atoms with E-state index in [9.17, 15) is 13.2 Å². The molecule has 0 aliphatic carbocycles. The van der Waals surface area contributed by atoms with Crippen LogP contribution < -0.4 is 0 Å². The Balaban J connectivity index is 1.92. The average molecular weight is 330 g/mol. The topological polar surface area (TPSA) is 67.3 Å². The average Bonchev–Trinajstić information content (AvgIpc) is 2.91. The first-order valence-corrected chi connectivity index (χ1v) is 9.30. The Kier molecular flexibility index (Phi) is 4.17. The van der Waals surface area contributed by atoms with Crippen LogP contribution in [0.3, 0.4) is 0 Å². The standard InChI is InChI=1S/C17H18N2O3S/c1-2-10-19(14-9-11-23(21,22)12-14)17(20)16-8-7-13-5-3-4-6-15(13)18-16/h2-8,14H,1,9-12H2/t14-/m1/s1. The van der Waals surface area contributed by atoms with Crippen LogP contribution in [0.5, 0.6) is 0 Å². The summed E-state index contributed by atoms with van der Waals surface area (Å²) in [5, 5.41) is 0.961. The SMILES string of the molecule is C=CCN(C(=O)c1ccc2ccccc2n1)[C@@H]1CCS(=O)(=O)C1. The predicted octanol–water partition coefficient (Wildman–Crippen LogP) is 2.05. The molecule has 1 aliphatic rings. The zero-order valence-electron chi connectivity index (χ0n) is 12.7. The minimum Gasteiger partial charge on any atom is -0.330 e. The van der Waals surface area contributed by atoms with Crippen LogP contribution in [0.2, 0.25) is 0 Å². The number of pyridine rings is 1. The molecule has 120 valence electrons. The Labute approximate surface area is 135 Å². The van der Waals surface area contributed by atoms with Crippen molar-refractivity contribution < 1.29 is 13.2 Å². The van der Waals surface area contributed by atoms with Gasteiger partial charge in [0.1, 0.15) is 5.69 Å². The molecule has 0 bridgehead atoms. The van der Waals surface area contributed by atoms with E-state index in [1.54, 1.807) is 17.0 Å². The van der Waals surface area contributed by atoms with Crippen molar-refractivity contribution >= 4 is 26.6 Å². The van der Waals surface area contributed by atoms with Gasteiger partial charge in [-0.2, -0.15) is 0 Å². The number of hydrogen-bond donors (Lipinski definition) is 0. The largest absolute Gasteiger partial charge is 0.330 e. The molecular formula is C17H18N2O3S. The van der Waals surface area contributed by atoms with Crippen molar-refractivity contribution in [1.82, 2.24) is 9.88 Å². The van der Waals surface area contributed by atoms with E-state index in [1.807, 2.05) is 30.3 Å². The number of rotatable bonds is 4. The zero-order valence-corrected chi connectivity index (χ0v) is 13.5. The van der Waals surface area contributed by atoms with Crippen LogP contribution in [-0.2, 0) is 9.84 Å². The maximum atomic E-state index is 12.8. The van der Waals surface area contributed by atoms with Crippen LogP contribution in [0.1, 0.15) is 16.9 Å². The van der Waals surface area contributed by atoms with Gasteiger partial charge in [-0.3, -0.25) is 4.79 Å². The molecular weight excluding hydrogens is 312 g/mol. The number of hydrogen-bond acceptors (Lipinski definition) is 4. The Morgan fingerprint density at radius 1 is 1.30 bits per heavy atom. The van der Waals surface area contributed by atoms with Crippen LogP contribution in [-0.4, -0.2) is 48.3 Å². The second-order valence-electron chi connectivity index (χ2n) is 5.69. The highest BCUT2D eigenvalue weighted by atomic mass is 32.2. The summed E-state index contributed by atoms with van der Waals surface area (Å²) in [6.45, 7) is 3.98. The van der Waals surface area contributed by atoms with Crippen LogP contribution >= 0.6 is 0 Å². The molecule has 0 spiro atoms. The second-order valence-corrected chi connectivity index (χ2v) is 7.92. The van der Waals surface area contributed by atoms with Gasteiger partial charge in [-0.25, -0.2) is 13.4 Å². The molecule has 3 rings (SSSR count). The van der Waals surface area contributed by atoms with Crippen molar-refractivity contribution in [3.05, 3.63) is 54.7 Å². The Bertz CT molecular complexity index is 861. The molecule has 1 saturated heterocycles. The molecule has 1 amide bonds. The number of carbonyl (C=O) groups is 1. The lowest BCUT2D eigenvalue weighted by Crippen LogP contribution is -2.41. The fraction of sp³-hybridized carbons (Fsp3) is 0.294. The summed E-state index contributed by atoms with van der Waals surface area (Å²) in [5.41, 5.74) is 1.07. The molecule has 6 heteroatoms. The van der Waals surface area contributed by atoms with Crippen LogP contribution in [0.25, 0.3) is 10.9 Å². The van der Waals surface area contributed by atoms with Crippen LogP contribution in [0.4, 0.5) is 0 Å². The van der Waals surface area contributed by atoms with E-state index in [4.69, 9.17) is 0 Å².